The summed E-state index contributed by atoms with van der Waals surface area (Å²) >= 11 is 6.77. The molecule has 0 aromatic heterocycles. The van der Waals surface area contributed by atoms with Gasteiger partial charge in [-0.05, 0) is 58.7 Å². The molecule has 4 heteroatoms. The molecule has 0 heterocycles. The molecule has 0 saturated carbocycles. The zero-order chi connectivity index (χ0) is 13.8. The van der Waals surface area contributed by atoms with E-state index in [4.69, 9.17) is 4.74 Å². The maximum absolute atomic E-state index is 11.3. The highest BCUT2D eigenvalue weighted by Crippen LogP contribution is 2.24. The summed E-state index contributed by atoms with van der Waals surface area (Å²) in [6.45, 7) is 2.04. The minimum atomic E-state index is 0.0336. The van der Waals surface area contributed by atoms with E-state index >= 15 is 0 Å². The van der Waals surface area contributed by atoms with Crippen LogP contribution in [0.4, 0.5) is 0 Å². The number of rotatable bonds is 4. The van der Waals surface area contributed by atoms with Gasteiger partial charge in [-0.2, -0.15) is 0 Å². The van der Waals surface area contributed by atoms with Crippen LogP contribution in [0.15, 0.2) is 51.4 Å². The number of Topliss-reactive ketones (excluding diaryl/α,β-unsaturated/α-hetero) is 1. The number of hydrogen-bond acceptors (Lipinski definition) is 2. The summed E-state index contributed by atoms with van der Waals surface area (Å²) in [5.41, 5.74) is 1.76. The van der Waals surface area contributed by atoms with Gasteiger partial charge in [0, 0.05) is 14.5 Å². The van der Waals surface area contributed by atoms with Crippen LogP contribution in [0.1, 0.15) is 22.8 Å². The third-order valence-corrected chi connectivity index (χ3v) is 3.82. The van der Waals surface area contributed by atoms with Crippen molar-refractivity contribution in [1.82, 2.24) is 0 Å². The van der Waals surface area contributed by atoms with Gasteiger partial charge in [0.15, 0.2) is 5.78 Å². The van der Waals surface area contributed by atoms with E-state index < -0.39 is 0 Å². The smallest absolute Gasteiger partial charge is 0.160 e. The number of ether oxygens (including phenoxy) is 1. The van der Waals surface area contributed by atoms with Crippen LogP contribution in [0.2, 0.25) is 0 Å². The predicted octanol–water partition coefficient (Wildman–Crippen LogP) is 4.99. The predicted molar refractivity (Wildman–Crippen MR) is 82.6 cm³/mol. The van der Waals surface area contributed by atoms with Gasteiger partial charge in [-0.3, -0.25) is 4.79 Å². The SMILES string of the molecule is CC(=O)c1ccc(OCc2ccc(Br)cc2)cc1Br. The second kappa shape index (κ2) is 6.35. The van der Waals surface area contributed by atoms with Crippen molar-refractivity contribution < 1.29 is 9.53 Å². The second-order valence-electron chi connectivity index (χ2n) is 4.11. The average molecular weight is 384 g/mol. The lowest BCUT2D eigenvalue weighted by molar-refractivity contribution is 0.101. The Kier molecular flexibility index (Phi) is 4.77. The highest BCUT2D eigenvalue weighted by molar-refractivity contribution is 9.10. The standard InChI is InChI=1S/C15H12Br2O2/c1-10(18)14-7-6-13(8-15(14)17)19-9-11-2-4-12(16)5-3-11/h2-8H,9H2,1H3. The van der Waals surface area contributed by atoms with Gasteiger partial charge in [-0.15, -0.1) is 0 Å². The zero-order valence-corrected chi connectivity index (χ0v) is 13.5. The molecule has 19 heavy (non-hydrogen) atoms. The molecule has 0 amide bonds. The maximum Gasteiger partial charge on any atom is 0.160 e. The Morgan fingerprint density at radius 2 is 1.79 bits per heavy atom. The van der Waals surface area contributed by atoms with Gasteiger partial charge in [0.05, 0.1) is 0 Å². The first-order chi connectivity index (χ1) is 9.06. The summed E-state index contributed by atoms with van der Waals surface area (Å²) in [7, 11) is 0. The van der Waals surface area contributed by atoms with Crippen molar-refractivity contribution in [2.75, 3.05) is 0 Å². The van der Waals surface area contributed by atoms with Crippen molar-refractivity contribution in [2.45, 2.75) is 13.5 Å². The van der Waals surface area contributed by atoms with E-state index in [1.54, 1.807) is 19.1 Å². The molecule has 0 saturated heterocycles. The fraction of sp³-hybridized carbons (Fsp3) is 0.133. The first-order valence-electron chi connectivity index (χ1n) is 5.74. The normalized spacial score (nSPS) is 10.3. The van der Waals surface area contributed by atoms with E-state index in [-0.39, 0.29) is 5.78 Å². The Hall–Kier alpha value is -1.13. The molecule has 2 rings (SSSR count). The molecule has 0 bridgehead atoms. The Labute approximate surface area is 129 Å². The molecule has 0 unspecified atom stereocenters. The quantitative estimate of drug-likeness (QED) is 0.695. The molecule has 0 spiro atoms. The van der Waals surface area contributed by atoms with E-state index in [0.29, 0.717) is 12.2 Å². The topological polar surface area (TPSA) is 26.3 Å². The number of halogens is 2. The molecular formula is C15H12Br2O2. The van der Waals surface area contributed by atoms with Crippen molar-refractivity contribution in [2.24, 2.45) is 0 Å². The molecule has 0 N–H and O–H groups in total. The van der Waals surface area contributed by atoms with Crippen molar-refractivity contribution in [3.8, 4) is 5.75 Å². The fourth-order valence-electron chi connectivity index (χ4n) is 1.62. The minimum absolute atomic E-state index is 0.0336. The summed E-state index contributed by atoms with van der Waals surface area (Å²) in [6, 6.07) is 13.4. The second-order valence-corrected chi connectivity index (χ2v) is 5.88. The monoisotopic (exact) mass is 382 g/mol. The van der Waals surface area contributed by atoms with Gasteiger partial charge in [-0.25, -0.2) is 0 Å². The molecule has 0 aliphatic carbocycles. The van der Waals surface area contributed by atoms with Crippen molar-refractivity contribution >= 4 is 37.6 Å². The number of hydrogen-bond donors (Lipinski definition) is 0. The van der Waals surface area contributed by atoms with E-state index in [0.717, 1.165) is 20.3 Å². The molecular weight excluding hydrogens is 372 g/mol. The molecule has 2 aromatic rings. The Morgan fingerprint density at radius 3 is 2.37 bits per heavy atom. The summed E-state index contributed by atoms with van der Waals surface area (Å²) in [6.07, 6.45) is 0. The summed E-state index contributed by atoms with van der Waals surface area (Å²) < 4.78 is 7.49. The van der Waals surface area contributed by atoms with Crippen molar-refractivity contribution in [1.29, 1.82) is 0 Å². The molecule has 0 aliphatic heterocycles. The first-order valence-corrected chi connectivity index (χ1v) is 7.32. The van der Waals surface area contributed by atoms with Gasteiger partial charge in [0.2, 0.25) is 0 Å². The Morgan fingerprint density at radius 1 is 1.11 bits per heavy atom. The summed E-state index contributed by atoms with van der Waals surface area (Å²) in [4.78, 5) is 11.3. The van der Waals surface area contributed by atoms with Crippen LogP contribution in [0.3, 0.4) is 0 Å². The van der Waals surface area contributed by atoms with Crippen LogP contribution in [-0.4, -0.2) is 5.78 Å². The van der Waals surface area contributed by atoms with Gasteiger partial charge in [0.1, 0.15) is 12.4 Å². The maximum atomic E-state index is 11.3. The van der Waals surface area contributed by atoms with E-state index in [2.05, 4.69) is 31.9 Å². The molecule has 0 atom stereocenters. The first kappa shape index (κ1) is 14.3. The third kappa shape index (κ3) is 3.91. The van der Waals surface area contributed by atoms with Crippen molar-refractivity contribution in [3.05, 3.63) is 62.5 Å². The minimum Gasteiger partial charge on any atom is -0.489 e. The Balaban J connectivity index is 2.06. The van der Waals surface area contributed by atoms with Crippen LogP contribution < -0.4 is 4.74 Å². The fourth-order valence-corrected chi connectivity index (χ4v) is 2.52. The van der Waals surface area contributed by atoms with Gasteiger partial charge < -0.3 is 4.74 Å². The van der Waals surface area contributed by atoms with Gasteiger partial charge >= 0.3 is 0 Å². The number of benzene rings is 2. The summed E-state index contributed by atoms with van der Waals surface area (Å²) in [5.74, 6) is 0.770. The average Bonchev–Trinajstić information content (AvgIpc) is 2.37. The lowest BCUT2D eigenvalue weighted by atomic mass is 10.1. The highest BCUT2D eigenvalue weighted by atomic mass is 79.9. The van der Waals surface area contributed by atoms with Crippen LogP contribution in [-0.2, 0) is 6.61 Å². The van der Waals surface area contributed by atoms with E-state index in [1.807, 2.05) is 30.3 Å². The largest absolute Gasteiger partial charge is 0.489 e. The highest BCUT2D eigenvalue weighted by Gasteiger charge is 2.06. The van der Waals surface area contributed by atoms with Crippen LogP contribution in [0.5, 0.6) is 5.75 Å². The van der Waals surface area contributed by atoms with Crippen molar-refractivity contribution in [3.63, 3.8) is 0 Å². The lowest BCUT2D eigenvalue weighted by Gasteiger charge is -2.08. The summed E-state index contributed by atoms with van der Waals surface area (Å²) in [5, 5.41) is 0. The third-order valence-electron chi connectivity index (χ3n) is 2.64. The van der Waals surface area contributed by atoms with Gasteiger partial charge in [0.25, 0.3) is 0 Å². The van der Waals surface area contributed by atoms with E-state index in [1.165, 1.54) is 0 Å². The molecule has 2 aromatic carbocycles. The van der Waals surface area contributed by atoms with Gasteiger partial charge in [-0.1, -0.05) is 28.1 Å². The molecule has 0 radical (unpaired) electrons. The molecule has 2 nitrogen and oxygen atoms in total. The lowest BCUT2D eigenvalue weighted by Crippen LogP contribution is -1.97. The Bertz CT molecular complexity index is 592. The molecule has 98 valence electrons. The zero-order valence-electron chi connectivity index (χ0n) is 10.3. The number of carbonyl (C=O) groups excluding carboxylic acids is 1. The number of ketones is 1. The number of carbonyl (C=O) groups is 1. The molecule has 0 fully saturated rings. The molecule has 0 aliphatic rings. The van der Waals surface area contributed by atoms with Crippen LogP contribution >= 0.6 is 31.9 Å². The van der Waals surface area contributed by atoms with E-state index in [9.17, 15) is 4.79 Å². The van der Waals surface area contributed by atoms with Crippen LogP contribution in [0.25, 0.3) is 0 Å². The van der Waals surface area contributed by atoms with Crippen LogP contribution in [0, 0.1) is 0 Å².